The van der Waals surface area contributed by atoms with Crippen LogP contribution in [0.25, 0.3) is 0 Å². The summed E-state index contributed by atoms with van der Waals surface area (Å²) in [6.07, 6.45) is 1.17. The lowest BCUT2D eigenvalue weighted by Gasteiger charge is -2.20. The third kappa shape index (κ3) is 2.77. The smallest absolute Gasteiger partial charge is 0.0514 e. The van der Waals surface area contributed by atoms with E-state index in [2.05, 4.69) is 53.3 Å². The molecular formula is C13H18BrNO. The molecule has 0 radical (unpaired) electrons. The SMILES string of the molecule is Cc1cc(NC(C)C2CCOC2)ccc1Br. The number of rotatable bonds is 3. The van der Waals surface area contributed by atoms with Gasteiger partial charge in [-0.05, 0) is 44.0 Å². The van der Waals surface area contributed by atoms with Crippen molar-refractivity contribution >= 4 is 21.6 Å². The Morgan fingerprint density at radius 1 is 1.50 bits per heavy atom. The van der Waals surface area contributed by atoms with Crippen LogP contribution in [0.3, 0.4) is 0 Å². The molecule has 1 aliphatic heterocycles. The quantitative estimate of drug-likeness (QED) is 0.915. The van der Waals surface area contributed by atoms with Crippen molar-refractivity contribution in [2.45, 2.75) is 26.3 Å². The average Bonchev–Trinajstić information content (AvgIpc) is 2.77. The summed E-state index contributed by atoms with van der Waals surface area (Å²) < 4.78 is 6.57. The lowest BCUT2D eigenvalue weighted by atomic mass is 10.0. The molecule has 2 nitrogen and oxygen atoms in total. The van der Waals surface area contributed by atoms with Crippen LogP contribution in [0.4, 0.5) is 5.69 Å². The van der Waals surface area contributed by atoms with Crippen molar-refractivity contribution in [3.63, 3.8) is 0 Å². The van der Waals surface area contributed by atoms with E-state index < -0.39 is 0 Å². The Hall–Kier alpha value is -0.540. The van der Waals surface area contributed by atoms with Gasteiger partial charge in [-0.1, -0.05) is 15.9 Å². The molecule has 1 aliphatic rings. The number of benzene rings is 1. The fourth-order valence-electron chi connectivity index (χ4n) is 2.06. The molecule has 1 saturated heterocycles. The zero-order valence-corrected chi connectivity index (χ0v) is 11.4. The van der Waals surface area contributed by atoms with Gasteiger partial charge in [-0.15, -0.1) is 0 Å². The Bertz CT molecular complexity index is 361. The van der Waals surface area contributed by atoms with E-state index in [1.807, 2.05) is 0 Å². The van der Waals surface area contributed by atoms with Crippen LogP contribution in [-0.2, 0) is 4.74 Å². The van der Waals surface area contributed by atoms with Crippen molar-refractivity contribution in [2.24, 2.45) is 5.92 Å². The number of ether oxygens (including phenoxy) is 1. The molecule has 0 aromatic heterocycles. The topological polar surface area (TPSA) is 21.3 Å². The highest BCUT2D eigenvalue weighted by Gasteiger charge is 2.21. The van der Waals surface area contributed by atoms with Gasteiger partial charge in [0.15, 0.2) is 0 Å². The Labute approximate surface area is 106 Å². The van der Waals surface area contributed by atoms with Gasteiger partial charge in [-0.2, -0.15) is 0 Å². The van der Waals surface area contributed by atoms with Crippen LogP contribution >= 0.6 is 15.9 Å². The van der Waals surface area contributed by atoms with Crippen molar-refractivity contribution in [3.8, 4) is 0 Å². The van der Waals surface area contributed by atoms with Gasteiger partial charge in [0.1, 0.15) is 0 Å². The molecule has 3 heteroatoms. The molecule has 0 aliphatic carbocycles. The van der Waals surface area contributed by atoms with Crippen LogP contribution in [0.5, 0.6) is 0 Å². The molecule has 1 N–H and O–H groups in total. The first kappa shape index (κ1) is 11.9. The van der Waals surface area contributed by atoms with Gasteiger partial charge in [0.25, 0.3) is 0 Å². The Kier molecular flexibility index (Phi) is 3.87. The second kappa shape index (κ2) is 5.19. The fourth-order valence-corrected chi connectivity index (χ4v) is 2.31. The maximum absolute atomic E-state index is 5.41. The van der Waals surface area contributed by atoms with Gasteiger partial charge in [-0.3, -0.25) is 0 Å². The summed E-state index contributed by atoms with van der Waals surface area (Å²) in [6, 6.07) is 6.86. The van der Waals surface area contributed by atoms with E-state index in [4.69, 9.17) is 4.74 Å². The molecule has 0 saturated carbocycles. The predicted molar refractivity (Wildman–Crippen MR) is 70.9 cm³/mol. The minimum absolute atomic E-state index is 0.475. The van der Waals surface area contributed by atoms with E-state index in [9.17, 15) is 0 Å². The maximum atomic E-state index is 5.41. The van der Waals surface area contributed by atoms with Crippen LogP contribution in [0.15, 0.2) is 22.7 Å². The lowest BCUT2D eigenvalue weighted by molar-refractivity contribution is 0.183. The molecule has 0 bridgehead atoms. The number of hydrogen-bond donors (Lipinski definition) is 1. The Balaban J connectivity index is 1.99. The van der Waals surface area contributed by atoms with E-state index >= 15 is 0 Å². The Morgan fingerprint density at radius 3 is 2.94 bits per heavy atom. The highest BCUT2D eigenvalue weighted by molar-refractivity contribution is 9.10. The molecule has 2 rings (SSSR count). The minimum Gasteiger partial charge on any atom is -0.382 e. The second-order valence-electron chi connectivity index (χ2n) is 4.52. The number of anilines is 1. The summed E-state index contributed by atoms with van der Waals surface area (Å²) in [4.78, 5) is 0. The summed E-state index contributed by atoms with van der Waals surface area (Å²) in [5, 5.41) is 3.55. The number of halogens is 1. The molecule has 2 unspecified atom stereocenters. The van der Waals surface area contributed by atoms with Gasteiger partial charge >= 0.3 is 0 Å². The molecule has 1 heterocycles. The summed E-state index contributed by atoms with van der Waals surface area (Å²) in [7, 11) is 0. The number of hydrogen-bond acceptors (Lipinski definition) is 2. The number of aryl methyl sites for hydroxylation is 1. The standard InChI is InChI=1S/C13H18BrNO/c1-9-7-12(3-4-13(9)14)15-10(2)11-5-6-16-8-11/h3-4,7,10-11,15H,5-6,8H2,1-2H3. The van der Waals surface area contributed by atoms with Crippen LogP contribution in [-0.4, -0.2) is 19.3 Å². The summed E-state index contributed by atoms with van der Waals surface area (Å²) >= 11 is 3.51. The molecular weight excluding hydrogens is 266 g/mol. The van der Waals surface area contributed by atoms with E-state index in [1.54, 1.807) is 0 Å². The lowest BCUT2D eigenvalue weighted by Crippen LogP contribution is -2.26. The van der Waals surface area contributed by atoms with Gasteiger partial charge in [-0.25, -0.2) is 0 Å². The first-order chi connectivity index (χ1) is 7.66. The van der Waals surface area contributed by atoms with E-state index in [1.165, 1.54) is 17.7 Å². The molecule has 1 aromatic carbocycles. The zero-order chi connectivity index (χ0) is 11.5. The molecule has 16 heavy (non-hydrogen) atoms. The number of nitrogens with one attached hydrogen (secondary N) is 1. The largest absolute Gasteiger partial charge is 0.382 e. The summed E-state index contributed by atoms with van der Waals surface area (Å²) in [5.74, 6) is 0.643. The fraction of sp³-hybridized carbons (Fsp3) is 0.538. The van der Waals surface area contributed by atoms with E-state index in [0.717, 1.165) is 17.7 Å². The zero-order valence-electron chi connectivity index (χ0n) is 9.79. The third-order valence-corrected chi connectivity index (χ3v) is 4.11. The van der Waals surface area contributed by atoms with Crippen molar-refractivity contribution in [3.05, 3.63) is 28.2 Å². The minimum atomic E-state index is 0.475. The van der Waals surface area contributed by atoms with Gasteiger partial charge in [0.05, 0.1) is 6.61 Å². The molecule has 0 amide bonds. The predicted octanol–water partition coefficient (Wildman–Crippen LogP) is 3.59. The van der Waals surface area contributed by atoms with Gasteiger partial charge in [0.2, 0.25) is 0 Å². The summed E-state index contributed by atoms with van der Waals surface area (Å²) in [5.41, 5.74) is 2.46. The molecule has 2 atom stereocenters. The average molecular weight is 284 g/mol. The normalized spacial score (nSPS) is 22.1. The van der Waals surface area contributed by atoms with Gasteiger partial charge < -0.3 is 10.1 Å². The van der Waals surface area contributed by atoms with Crippen molar-refractivity contribution in [1.29, 1.82) is 0 Å². The highest BCUT2D eigenvalue weighted by Crippen LogP contribution is 2.23. The van der Waals surface area contributed by atoms with Crippen molar-refractivity contribution in [2.75, 3.05) is 18.5 Å². The van der Waals surface area contributed by atoms with Crippen LogP contribution < -0.4 is 5.32 Å². The molecule has 1 fully saturated rings. The summed E-state index contributed by atoms with van der Waals surface area (Å²) in [6.45, 7) is 6.15. The van der Waals surface area contributed by atoms with Crippen LogP contribution in [0.2, 0.25) is 0 Å². The first-order valence-electron chi connectivity index (χ1n) is 5.77. The highest BCUT2D eigenvalue weighted by atomic mass is 79.9. The van der Waals surface area contributed by atoms with Crippen molar-refractivity contribution in [1.82, 2.24) is 0 Å². The molecule has 88 valence electrons. The first-order valence-corrected chi connectivity index (χ1v) is 6.56. The van der Waals surface area contributed by atoms with Gasteiger partial charge in [0, 0.05) is 28.7 Å². The molecule has 0 spiro atoms. The molecule has 1 aromatic rings. The van der Waals surface area contributed by atoms with Crippen LogP contribution in [0, 0.1) is 12.8 Å². The van der Waals surface area contributed by atoms with Crippen LogP contribution in [0.1, 0.15) is 18.9 Å². The van der Waals surface area contributed by atoms with E-state index in [0.29, 0.717) is 12.0 Å². The van der Waals surface area contributed by atoms with E-state index in [-0.39, 0.29) is 0 Å². The Morgan fingerprint density at radius 2 is 2.31 bits per heavy atom. The maximum Gasteiger partial charge on any atom is 0.0514 e. The third-order valence-electron chi connectivity index (χ3n) is 3.22. The van der Waals surface area contributed by atoms with Crippen molar-refractivity contribution < 1.29 is 4.74 Å². The monoisotopic (exact) mass is 283 g/mol. The second-order valence-corrected chi connectivity index (χ2v) is 5.37.